The van der Waals surface area contributed by atoms with Crippen LogP contribution in [0.5, 0.6) is 0 Å². The molecule has 2 rings (SSSR count). The Morgan fingerprint density at radius 3 is 1.14 bits per heavy atom. The van der Waals surface area contributed by atoms with Crippen molar-refractivity contribution in [2.75, 3.05) is 28.2 Å². The number of nitro benzene ring substituents is 2. The maximum Gasteiger partial charge on any atom is 0.269 e. The molecule has 0 unspecified atom stereocenters. The van der Waals surface area contributed by atoms with Crippen LogP contribution < -0.4 is 0 Å². The molecule has 0 amide bonds. The predicted molar refractivity (Wildman–Crippen MR) is 112 cm³/mol. The zero-order valence-corrected chi connectivity index (χ0v) is 16.4. The maximum atomic E-state index is 10.4. The summed E-state index contributed by atoms with van der Waals surface area (Å²) in [6.07, 6.45) is 7.57. The van der Waals surface area contributed by atoms with E-state index in [1.807, 2.05) is 62.5 Å². The maximum absolute atomic E-state index is 10.4. The van der Waals surface area contributed by atoms with Gasteiger partial charge in [0.25, 0.3) is 11.4 Å². The van der Waals surface area contributed by atoms with Crippen molar-refractivity contribution in [3.05, 3.63) is 92.3 Å². The smallest absolute Gasteiger partial charge is 0.269 e. The van der Waals surface area contributed by atoms with E-state index in [9.17, 15) is 20.2 Å². The second-order valence-corrected chi connectivity index (χ2v) is 6.26. The Balaban J connectivity index is 0.000000280. The third-order valence-corrected chi connectivity index (χ3v) is 3.34. The lowest BCUT2D eigenvalue weighted by molar-refractivity contribution is -0.385. The molecule has 0 radical (unpaired) electrons. The molecule has 0 saturated carbocycles. The summed E-state index contributed by atoms with van der Waals surface area (Å²) in [5.74, 6) is 0. The molecule has 0 fully saturated rings. The van der Waals surface area contributed by atoms with Crippen molar-refractivity contribution < 1.29 is 9.85 Å². The van der Waals surface area contributed by atoms with E-state index in [0.717, 1.165) is 11.1 Å². The highest BCUT2D eigenvalue weighted by Gasteiger charge is 2.02. The van der Waals surface area contributed by atoms with Crippen molar-refractivity contribution in [3.63, 3.8) is 0 Å². The number of hydrogen-bond donors (Lipinski definition) is 0. The standard InChI is InChI=1S/2C10H12N2O2/c2*1-11(2)8-7-9-3-5-10(6-4-9)12(13)14/h2*3-8H,1-2H3/b2*8-7+. The second kappa shape index (κ2) is 11.1. The Morgan fingerprint density at radius 1 is 0.643 bits per heavy atom. The van der Waals surface area contributed by atoms with E-state index >= 15 is 0 Å². The largest absolute Gasteiger partial charge is 0.383 e. The van der Waals surface area contributed by atoms with Crippen LogP contribution >= 0.6 is 0 Å². The molecule has 0 N–H and O–H groups in total. The molecule has 2 aromatic rings. The van der Waals surface area contributed by atoms with Gasteiger partial charge >= 0.3 is 0 Å². The summed E-state index contributed by atoms with van der Waals surface area (Å²) in [5.41, 5.74) is 2.13. The van der Waals surface area contributed by atoms with Crippen molar-refractivity contribution >= 4 is 23.5 Å². The van der Waals surface area contributed by atoms with Gasteiger partial charge in [0.1, 0.15) is 0 Å². The highest BCUT2D eigenvalue weighted by molar-refractivity contribution is 5.52. The number of nitrogens with zero attached hydrogens (tertiary/aromatic N) is 4. The van der Waals surface area contributed by atoms with Gasteiger partial charge in [0.05, 0.1) is 9.85 Å². The van der Waals surface area contributed by atoms with Crippen molar-refractivity contribution in [3.8, 4) is 0 Å². The minimum atomic E-state index is -0.403. The van der Waals surface area contributed by atoms with Crippen molar-refractivity contribution in [1.29, 1.82) is 0 Å². The minimum Gasteiger partial charge on any atom is -0.383 e. The first kappa shape index (κ1) is 22.4. The molecule has 0 aliphatic carbocycles. The molecule has 0 saturated heterocycles. The topological polar surface area (TPSA) is 92.8 Å². The Morgan fingerprint density at radius 2 is 0.929 bits per heavy atom. The van der Waals surface area contributed by atoms with Crippen LogP contribution in [-0.4, -0.2) is 47.8 Å². The van der Waals surface area contributed by atoms with Crippen LogP contribution in [0.3, 0.4) is 0 Å². The lowest BCUT2D eigenvalue weighted by atomic mass is 10.2. The summed E-state index contributed by atoms with van der Waals surface area (Å²) in [6, 6.07) is 12.9. The molecular formula is C20H24N4O4. The third kappa shape index (κ3) is 8.61. The van der Waals surface area contributed by atoms with E-state index in [1.54, 1.807) is 24.3 Å². The van der Waals surface area contributed by atoms with Gasteiger partial charge in [-0.05, 0) is 59.9 Å². The number of nitro groups is 2. The van der Waals surface area contributed by atoms with Crippen molar-refractivity contribution in [1.82, 2.24) is 9.80 Å². The average molecular weight is 384 g/mol. The molecule has 2 aromatic carbocycles. The summed E-state index contributed by atoms with van der Waals surface area (Å²) in [6.45, 7) is 0. The van der Waals surface area contributed by atoms with Crippen LogP contribution in [0.4, 0.5) is 11.4 Å². The molecule has 8 nitrogen and oxygen atoms in total. The molecular weight excluding hydrogens is 360 g/mol. The summed E-state index contributed by atoms with van der Waals surface area (Å²) in [7, 11) is 7.67. The number of rotatable bonds is 6. The highest BCUT2D eigenvalue weighted by Crippen LogP contribution is 2.13. The third-order valence-electron chi connectivity index (χ3n) is 3.34. The first-order valence-electron chi connectivity index (χ1n) is 8.37. The molecule has 0 atom stereocenters. The lowest BCUT2D eigenvalue weighted by Crippen LogP contribution is -1.99. The van der Waals surface area contributed by atoms with E-state index in [2.05, 4.69) is 0 Å². The Bertz CT molecular complexity index is 755. The van der Waals surface area contributed by atoms with Crippen LogP contribution in [0.15, 0.2) is 60.9 Å². The zero-order valence-electron chi connectivity index (χ0n) is 16.4. The minimum absolute atomic E-state index is 0.118. The van der Waals surface area contributed by atoms with E-state index in [1.165, 1.54) is 24.3 Å². The van der Waals surface area contributed by atoms with Crippen LogP contribution in [0, 0.1) is 20.2 Å². The molecule has 0 bridgehead atoms. The fourth-order valence-corrected chi connectivity index (χ4v) is 1.88. The van der Waals surface area contributed by atoms with E-state index in [-0.39, 0.29) is 11.4 Å². The molecule has 148 valence electrons. The van der Waals surface area contributed by atoms with Crippen molar-refractivity contribution in [2.24, 2.45) is 0 Å². The van der Waals surface area contributed by atoms with Gasteiger partial charge in [-0.25, -0.2) is 0 Å². The summed E-state index contributed by atoms with van der Waals surface area (Å²) < 4.78 is 0. The second-order valence-electron chi connectivity index (χ2n) is 6.26. The molecule has 0 aliphatic rings. The van der Waals surface area contributed by atoms with E-state index < -0.39 is 9.85 Å². The van der Waals surface area contributed by atoms with Gasteiger partial charge in [0.2, 0.25) is 0 Å². The van der Waals surface area contributed by atoms with E-state index in [0.29, 0.717) is 0 Å². The molecule has 28 heavy (non-hydrogen) atoms. The SMILES string of the molecule is CN(C)/C=C/c1ccc([N+](=O)[O-])cc1.CN(C)/C=C/c1ccc([N+](=O)[O-])cc1. The number of benzene rings is 2. The van der Waals surface area contributed by atoms with Gasteiger partial charge in [0.15, 0.2) is 0 Å². The first-order chi connectivity index (χ1) is 13.2. The van der Waals surface area contributed by atoms with Gasteiger partial charge in [-0.1, -0.05) is 0 Å². The fourth-order valence-electron chi connectivity index (χ4n) is 1.88. The summed E-state index contributed by atoms with van der Waals surface area (Å²) in [5, 5.41) is 20.7. The molecule has 8 heteroatoms. The normalized spacial score (nSPS) is 10.4. The highest BCUT2D eigenvalue weighted by atomic mass is 16.6. The van der Waals surface area contributed by atoms with Crippen LogP contribution in [0.2, 0.25) is 0 Å². The van der Waals surface area contributed by atoms with Crippen molar-refractivity contribution in [2.45, 2.75) is 0 Å². The Hall–Kier alpha value is -3.68. The lowest BCUT2D eigenvalue weighted by Gasteiger charge is -2.02. The number of non-ortho nitro benzene ring substituents is 2. The summed E-state index contributed by atoms with van der Waals surface area (Å²) >= 11 is 0. The van der Waals surface area contributed by atoms with Crippen LogP contribution in [0.25, 0.3) is 12.2 Å². The number of hydrogen-bond acceptors (Lipinski definition) is 6. The van der Waals surface area contributed by atoms with Crippen LogP contribution in [0.1, 0.15) is 11.1 Å². The van der Waals surface area contributed by atoms with Gasteiger partial charge < -0.3 is 9.80 Å². The fraction of sp³-hybridized carbons (Fsp3) is 0.200. The average Bonchev–Trinajstić information content (AvgIpc) is 2.65. The van der Waals surface area contributed by atoms with Gasteiger partial charge in [-0.15, -0.1) is 0 Å². The monoisotopic (exact) mass is 384 g/mol. The molecule has 0 aliphatic heterocycles. The van der Waals surface area contributed by atoms with Gasteiger partial charge in [-0.2, -0.15) is 0 Å². The summed E-state index contributed by atoms with van der Waals surface area (Å²) in [4.78, 5) is 23.7. The zero-order chi connectivity index (χ0) is 21.1. The molecule has 0 heterocycles. The van der Waals surface area contributed by atoms with Crippen LogP contribution in [-0.2, 0) is 0 Å². The Labute approximate surface area is 164 Å². The molecule has 0 spiro atoms. The van der Waals surface area contributed by atoms with Gasteiger partial charge in [-0.3, -0.25) is 20.2 Å². The quantitative estimate of drug-likeness (QED) is 0.546. The first-order valence-corrected chi connectivity index (χ1v) is 8.37. The van der Waals surface area contributed by atoms with Gasteiger partial charge in [0, 0.05) is 52.5 Å². The van der Waals surface area contributed by atoms with E-state index in [4.69, 9.17) is 0 Å². The molecule has 0 aromatic heterocycles. The Kier molecular flexibility index (Phi) is 8.88. The predicted octanol–water partition coefficient (Wildman–Crippen LogP) is 4.25.